The Morgan fingerprint density at radius 3 is 1.84 bits per heavy atom. The molecule has 2 atom stereocenters. The highest BCUT2D eigenvalue weighted by Gasteiger charge is 2.26. The summed E-state index contributed by atoms with van der Waals surface area (Å²) in [6, 6.07) is 14.6. The van der Waals surface area contributed by atoms with Gasteiger partial charge in [-0.1, -0.05) is 48.5 Å². The fraction of sp³-hybridized carbons (Fsp3) is 0.391. The van der Waals surface area contributed by atoms with Crippen LogP contribution in [-0.4, -0.2) is 50.0 Å². The van der Waals surface area contributed by atoms with E-state index in [1.165, 1.54) is 11.8 Å². The second kappa shape index (κ2) is 10.4. The van der Waals surface area contributed by atoms with E-state index >= 15 is 0 Å². The largest absolute Gasteiger partial charge is 0.465 e. The molecule has 0 fully saturated rings. The maximum Gasteiger partial charge on any atom is 0.408 e. The molecule has 0 unspecified atom stereocenters. The number of hydroxylamine groups is 1. The van der Waals surface area contributed by atoms with Gasteiger partial charge in [0.05, 0.1) is 6.10 Å². The molecule has 0 heterocycles. The monoisotopic (exact) mass is 429 g/mol. The smallest absolute Gasteiger partial charge is 0.408 e. The summed E-state index contributed by atoms with van der Waals surface area (Å²) in [6.07, 6.45) is -1.91. The fourth-order valence-corrected chi connectivity index (χ4v) is 3.17. The van der Waals surface area contributed by atoms with Crippen LogP contribution in [0.15, 0.2) is 48.5 Å². The van der Waals surface area contributed by atoms with Gasteiger partial charge in [0.15, 0.2) is 0 Å². The van der Waals surface area contributed by atoms with Crippen molar-refractivity contribution >= 4 is 12.0 Å². The van der Waals surface area contributed by atoms with Crippen molar-refractivity contribution in [2.75, 3.05) is 0 Å². The van der Waals surface area contributed by atoms with Crippen LogP contribution in [0.5, 0.6) is 0 Å². The molecule has 0 aliphatic heterocycles. The predicted octanol–water partition coefficient (Wildman–Crippen LogP) is 2.98. The highest BCUT2D eigenvalue weighted by atomic mass is 16.5. The first-order valence-electron chi connectivity index (χ1n) is 10.1. The molecule has 31 heavy (non-hydrogen) atoms. The molecule has 2 aromatic carbocycles. The molecular weight excluding hydrogens is 398 g/mol. The van der Waals surface area contributed by atoms with Gasteiger partial charge in [-0.15, -0.1) is 0 Å². The van der Waals surface area contributed by atoms with Gasteiger partial charge in [0.2, 0.25) is 0 Å². The van der Waals surface area contributed by atoms with Crippen molar-refractivity contribution in [1.82, 2.24) is 15.7 Å². The van der Waals surface area contributed by atoms with Gasteiger partial charge in [-0.2, -0.15) is 0 Å². The van der Waals surface area contributed by atoms with E-state index < -0.39 is 29.7 Å². The molecule has 8 nitrogen and oxygen atoms in total. The van der Waals surface area contributed by atoms with E-state index in [1.807, 2.05) is 69.3 Å². The molecule has 0 aliphatic rings. The fourth-order valence-electron chi connectivity index (χ4n) is 3.17. The third kappa shape index (κ3) is 6.78. The van der Waals surface area contributed by atoms with Crippen LogP contribution in [0.2, 0.25) is 0 Å². The molecule has 0 aromatic heterocycles. The van der Waals surface area contributed by atoms with Gasteiger partial charge in [0, 0.05) is 18.6 Å². The van der Waals surface area contributed by atoms with E-state index in [4.69, 9.17) is 5.21 Å². The van der Waals surface area contributed by atoms with Gasteiger partial charge >= 0.3 is 6.09 Å². The zero-order valence-corrected chi connectivity index (χ0v) is 18.3. The van der Waals surface area contributed by atoms with E-state index in [9.17, 15) is 19.8 Å². The molecule has 2 rings (SSSR count). The van der Waals surface area contributed by atoms with Gasteiger partial charge in [0.25, 0.3) is 5.91 Å². The summed E-state index contributed by atoms with van der Waals surface area (Å²) in [7, 11) is 0. The van der Waals surface area contributed by atoms with E-state index in [-0.39, 0.29) is 0 Å². The number of aliphatic hydroxyl groups excluding tert-OH is 1. The maximum absolute atomic E-state index is 11.6. The topological polar surface area (TPSA) is 122 Å². The van der Waals surface area contributed by atoms with E-state index in [0.717, 1.165) is 22.3 Å². The Balaban J connectivity index is 2.04. The molecule has 5 N–H and O–H groups in total. The summed E-state index contributed by atoms with van der Waals surface area (Å²) < 4.78 is 0. The number of benzene rings is 2. The number of nitrogens with one attached hydrogen (secondary N) is 2. The van der Waals surface area contributed by atoms with Gasteiger partial charge in [-0.25, -0.2) is 10.3 Å². The van der Waals surface area contributed by atoms with Crippen molar-refractivity contribution in [2.24, 2.45) is 0 Å². The van der Waals surface area contributed by atoms with Crippen molar-refractivity contribution in [3.63, 3.8) is 0 Å². The molecule has 0 saturated heterocycles. The lowest BCUT2D eigenvalue weighted by Crippen LogP contribution is -2.49. The first-order valence-corrected chi connectivity index (χ1v) is 10.1. The lowest BCUT2D eigenvalue weighted by atomic mass is 10.0. The molecule has 8 heteroatoms. The minimum Gasteiger partial charge on any atom is -0.465 e. The number of hydrogen-bond donors (Lipinski definition) is 5. The molecule has 168 valence electrons. The van der Waals surface area contributed by atoms with Crippen molar-refractivity contribution in [2.45, 2.75) is 58.5 Å². The maximum atomic E-state index is 11.6. The van der Waals surface area contributed by atoms with Gasteiger partial charge < -0.3 is 10.2 Å². The van der Waals surface area contributed by atoms with Crippen LogP contribution in [0.3, 0.4) is 0 Å². The molecule has 2 amide bonds. The molecule has 0 radical (unpaired) electrons. The van der Waals surface area contributed by atoms with Crippen LogP contribution in [0.25, 0.3) is 11.1 Å². The molecule has 0 spiro atoms. The normalized spacial score (nSPS) is 13.4. The highest BCUT2D eigenvalue weighted by Crippen LogP contribution is 2.23. The Morgan fingerprint density at radius 1 is 0.968 bits per heavy atom. The van der Waals surface area contributed by atoms with Crippen molar-refractivity contribution < 1.29 is 25.0 Å². The SMILES string of the molecule is C[C@@H](O)[C@H](NCc1ccc(-c2ccc(CN(C(=O)O)C(C)(C)C)cc2)cc1)C(=O)NO. The summed E-state index contributed by atoms with van der Waals surface area (Å²) in [4.78, 5) is 24.5. The van der Waals surface area contributed by atoms with Crippen LogP contribution in [0.4, 0.5) is 4.79 Å². The molecule has 0 bridgehead atoms. The number of hydrogen-bond acceptors (Lipinski definition) is 5. The third-order valence-electron chi connectivity index (χ3n) is 5.02. The summed E-state index contributed by atoms with van der Waals surface area (Å²) in [6.45, 7) is 7.73. The standard InChI is InChI=1S/C23H31N3O5/c1-15(27)20(21(28)25-31)24-13-16-5-9-18(10-6-16)19-11-7-17(8-12-19)14-26(22(29)30)23(2,3)4/h5-12,15,20,24,27,31H,13-14H2,1-4H3,(H,25,28)(H,29,30)/t15-,20+/m1/s1. The minimum absolute atomic E-state index is 0.315. The summed E-state index contributed by atoms with van der Waals surface area (Å²) in [5.41, 5.74) is 4.89. The van der Waals surface area contributed by atoms with Gasteiger partial charge in [0.1, 0.15) is 6.04 Å². The van der Waals surface area contributed by atoms with Crippen molar-refractivity contribution in [1.29, 1.82) is 0 Å². The number of carboxylic acid groups (broad SMARTS) is 1. The Kier molecular flexibility index (Phi) is 8.15. The van der Waals surface area contributed by atoms with E-state index in [2.05, 4.69) is 5.32 Å². The second-order valence-corrected chi connectivity index (χ2v) is 8.51. The second-order valence-electron chi connectivity index (χ2n) is 8.51. The molecular formula is C23H31N3O5. The summed E-state index contributed by atoms with van der Waals surface area (Å²) in [5.74, 6) is -0.695. The van der Waals surface area contributed by atoms with Crippen LogP contribution in [0.1, 0.15) is 38.8 Å². The number of aliphatic hydroxyl groups is 1. The summed E-state index contributed by atoms with van der Waals surface area (Å²) >= 11 is 0. The number of carbonyl (C=O) groups is 2. The molecule has 0 saturated carbocycles. The first-order chi connectivity index (χ1) is 14.5. The zero-order valence-electron chi connectivity index (χ0n) is 18.3. The van der Waals surface area contributed by atoms with Crippen LogP contribution in [-0.2, 0) is 17.9 Å². The van der Waals surface area contributed by atoms with E-state index in [1.54, 1.807) is 5.48 Å². The van der Waals surface area contributed by atoms with Crippen LogP contribution in [0, 0.1) is 0 Å². The zero-order chi connectivity index (χ0) is 23.2. The number of nitrogens with zero attached hydrogens (tertiary/aromatic N) is 1. The Labute approximate surface area is 182 Å². The average Bonchev–Trinajstić information content (AvgIpc) is 2.71. The third-order valence-corrected chi connectivity index (χ3v) is 5.02. The predicted molar refractivity (Wildman–Crippen MR) is 117 cm³/mol. The van der Waals surface area contributed by atoms with Crippen molar-refractivity contribution in [3.8, 4) is 11.1 Å². The summed E-state index contributed by atoms with van der Waals surface area (Å²) in [5, 5.41) is 30.8. The highest BCUT2D eigenvalue weighted by molar-refractivity contribution is 5.81. The number of rotatable bonds is 8. The average molecular weight is 430 g/mol. The minimum atomic E-state index is -0.958. The van der Waals surface area contributed by atoms with E-state index in [0.29, 0.717) is 13.1 Å². The Hall–Kier alpha value is -2.94. The lowest BCUT2D eigenvalue weighted by Gasteiger charge is -2.33. The van der Waals surface area contributed by atoms with Crippen LogP contribution >= 0.6 is 0 Å². The number of amides is 2. The van der Waals surface area contributed by atoms with Gasteiger partial charge in [-0.3, -0.25) is 20.2 Å². The Morgan fingerprint density at radius 2 is 1.45 bits per heavy atom. The molecule has 2 aromatic rings. The lowest BCUT2D eigenvalue weighted by molar-refractivity contribution is -0.134. The molecule has 0 aliphatic carbocycles. The first kappa shape index (κ1) is 24.3. The van der Waals surface area contributed by atoms with Crippen molar-refractivity contribution in [3.05, 3.63) is 59.7 Å². The Bertz CT molecular complexity index is 874. The van der Waals surface area contributed by atoms with Gasteiger partial charge in [-0.05, 0) is 49.9 Å². The van der Waals surface area contributed by atoms with Crippen LogP contribution < -0.4 is 10.8 Å². The number of carbonyl (C=O) groups excluding carboxylic acids is 1. The quantitative estimate of drug-likeness (QED) is 0.325.